The molecule has 0 bridgehead atoms. The molecule has 6 aromatic rings. The van der Waals surface area contributed by atoms with Crippen molar-refractivity contribution in [3.63, 3.8) is 0 Å². The Hall–Kier alpha value is -5.72. The van der Waals surface area contributed by atoms with Crippen molar-refractivity contribution in [2.24, 2.45) is 0 Å². The molecule has 1 aliphatic carbocycles. The van der Waals surface area contributed by atoms with Gasteiger partial charge < -0.3 is 28.6 Å². The predicted octanol–water partition coefficient (Wildman–Crippen LogP) is 11.0. The predicted molar refractivity (Wildman–Crippen MR) is 227 cm³/mol. The number of nitrogens with zero attached hydrogens (tertiary/aromatic N) is 1. The smallest absolute Gasteiger partial charge is 0.178 e. The second-order valence-corrected chi connectivity index (χ2v) is 16.1. The normalized spacial score (nSPS) is 19.0. The standard InChI is InChI=1S/C50H49NO5/c1-48(2)42-16-12-11-15-37(42)45-40-30-39(36-22-21-35(52-5)29-43(36)53-6)44(54-7)31-41(40)47-38(46(45)49(48,3)4)23-24-50(56-47,32-13-9-8-10-14-32)33-17-19-34(20-18-33)51-25-27-55-28-26-51/h8-24,29-31H,25-28H2,1-7H3. The average molecular weight is 744 g/mol. The van der Waals surface area contributed by atoms with E-state index in [2.05, 4.69) is 136 Å². The van der Waals surface area contributed by atoms with Gasteiger partial charge in [-0.25, -0.2) is 0 Å². The highest BCUT2D eigenvalue weighted by Gasteiger charge is 2.49. The van der Waals surface area contributed by atoms with E-state index in [9.17, 15) is 0 Å². The molecule has 2 heterocycles. The summed E-state index contributed by atoms with van der Waals surface area (Å²) in [5, 5.41) is 2.09. The molecule has 0 N–H and O–H groups in total. The van der Waals surface area contributed by atoms with Gasteiger partial charge in [0.15, 0.2) is 5.60 Å². The zero-order valence-electron chi connectivity index (χ0n) is 33.4. The van der Waals surface area contributed by atoms with Crippen LogP contribution in [-0.2, 0) is 21.2 Å². The summed E-state index contributed by atoms with van der Waals surface area (Å²) < 4.78 is 31.2. The molecule has 284 valence electrons. The van der Waals surface area contributed by atoms with Crippen LogP contribution in [0.1, 0.15) is 55.5 Å². The lowest BCUT2D eigenvalue weighted by atomic mass is 9.54. The van der Waals surface area contributed by atoms with Gasteiger partial charge in [0, 0.05) is 63.5 Å². The first kappa shape index (κ1) is 35.9. The lowest BCUT2D eigenvalue weighted by Gasteiger charge is -2.50. The first-order chi connectivity index (χ1) is 27.1. The quantitative estimate of drug-likeness (QED) is 0.162. The van der Waals surface area contributed by atoms with Crippen LogP contribution >= 0.6 is 0 Å². The highest BCUT2D eigenvalue weighted by molar-refractivity contribution is 6.09. The molecule has 3 aliphatic rings. The van der Waals surface area contributed by atoms with Crippen molar-refractivity contribution >= 4 is 22.5 Å². The first-order valence-corrected chi connectivity index (χ1v) is 19.5. The minimum Gasteiger partial charge on any atom is -0.497 e. The van der Waals surface area contributed by atoms with Gasteiger partial charge in [-0.2, -0.15) is 0 Å². The zero-order chi connectivity index (χ0) is 38.8. The number of methoxy groups -OCH3 is 3. The number of rotatable bonds is 7. The number of hydrogen-bond donors (Lipinski definition) is 0. The van der Waals surface area contributed by atoms with Crippen LogP contribution in [0.15, 0.2) is 115 Å². The second kappa shape index (κ2) is 13.5. The lowest BCUT2D eigenvalue weighted by Crippen LogP contribution is -2.44. The highest BCUT2D eigenvalue weighted by Crippen LogP contribution is 2.61. The third-order valence-corrected chi connectivity index (χ3v) is 13.0. The Kier molecular flexibility index (Phi) is 8.66. The summed E-state index contributed by atoms with van der Waals surface area (Å²) in [4.78, 5) is 2.39. The topological polar surface area (TPSA) is 49.4 Å². The van der Waals surface area contributed by atoms with E-state index in [1.807, 2.05) is 18.2 Å². The van der Waals surface area contributed by atoms with Crippen LogP contribution in [0.25, 0.3) is 39.1 Å². The van der Waals surface area contributed by atoms with Gasteiger partial charge in [-0.15, -0.1) is 0 Å². The molecule has 0 amide bonds. The summed E-state index contributed by atoms with van der Waals surface area (Å²) in [7, 11) is 5.10. The van der Waals surface area contributed by atoms with Crippen LogP contribution in [0.2, 0.25) is 0 Å². The number of benzene rings is 6. The maximum atomic E-state index is 7.71. The van der Waals surface area contributed by atoms with E-state index in [0.29, 0.717) is 5.75 Å². The number of hydrogen-bond acceptors (Lipinski definition) is 6. The molecule has 0 spiro atoms. The van der Waals surface area contributed by atoms with Crippen molar-refractivity contribution < 1.29 is 23.7 Å². The Morgan fingerprint density at radius 3 is 2.00 bits per heavy atom. The van der Waals surface area contributed by atoms with E-state index in [1.54, 1.807) is 21.3 Å². The molecule has 2 aliphatic heterocycles. The Balaban J connectivity index is 1.35. The minimum absolute atomic E-state index is 0.191. The fourth-order valence-electron chi connectivity index (χ4n) is 9.30. The first-order valence-electron chi connectivity index (χ1n) is 19.5. The van der Waals surface area contributed by atoms with Gasteiger partial charge >= 0.3 is 0 Å². The number of ether oxygens (including phenoxy) is 5. The minimum atomic E-state index is -0.893. The Morgan fingerprint density at radius 2 is 1.29 bits per heavy atom. The molecule has 1 fully saturated rings. The summed E-state index contributed by atoms with van der Waals surface area (Å²) >= 11 is 0. The van der Waals surface area contributed by atoms with Gasteiger partial charge in [-0.1, -0.05) is 101 Å². The average Bonchev–Trinajstić information content (AvgIpc) is 3.25. The van der Waals surface area contributed by atoms with E-state index < -0.39 is 5.60 Å². The summed E-state index contributed by atoms with van der Waals surface area (Å²) in [6.45, 7) is 12.8. The van der Waals surface area contributed by atoms with Crippen molar-refractivity contribution in [3.05, 3.63) is 143 Å². The molecule has 0 saturated carbocycles. The molecule has 6 nitrogen and oxygen atoms in total. The van der Waals surface area contributed by atoms with Crippen molar-refractivity contribution in [2.45, 2.75) is 44.1 Å². The van der Waals surface area contributed by atoms with Crippen molar-refractivity contribution in [3.8, 4) is 45.3 Å². The lowest BCUT2D eigenvalue weighted by molar-refractivity contribution is 0.122. The van der Waals surface area contributed by atoms with E-state index in [0.717, 1.165) is 82.1 Å². The highest BCUT2D eigenvalue weighted by atomic mass is 16.5. The molecule has 9 rings (SSSR count). The van der Waals surface area contributed by atoms with Crippen LogP contribution in [0.5, 0.6) is 23.0 Å². The Bertz CT molecular complexity index is 2490. The van der Waals surface area contributed by atoms with Gasteiger partial charge in [0.2, 0.25) is 0 Å². The molecular weight excluding hydrogens is 695 g/mol. The number of morpholine rings is 1. The second-order valence-electron chi connectivity index (χ2n) is 16.1. The van der Waals surface area contributed by atoms with E-state index in [-0.39, 0.29) is 10.8 Å². The Labute approximate surface area is 330 Å². The molecule has 0 aromatic heterocycles. The summed E-state index contributed by atoms with van der Waals surface area (Å²) in [6, 6.07) is 38.8. The van der Waals surface area contributed by atoms with Crippen LogP contribution in [-0.4, -0.2) is 47.6 Å². The van der Waals surface area contributed by atoms with E-state index in [1.165, 1.54) is 27.9 Å². The van der Waals surface area contributed by atoms with Crippen LogP contribution in [0.4, 0.5) is 5.69 Å². The number of anilines is 1. The van der Waals surface area contributed by atoms with Crippen molar-refractivity contribution in [2.75, 3.05) is 52.5 Å². The molecule has 6 aromatic carbocycles. The maximum Gasteiger partial charge on any atom is 0.178 e. The molecule has 0 radical (unpaired) electrons. The van der Waals surface area contributed by atoms with Crippen molar-refractivity contribution in [1.29, 1.82) is 0 Å². The monoisotopic (exact) mass is 743 g/mol. The van der Waals surface area contributed by atoms with Gasteiger partial charge in [0.05, 0.1) is 34.5 Å². The Morgan fingerprint density at radius 1 is 0.607 bits per heavy atom. The summed E-state index contributed by atoms with van der Waals surface area (Å²) in [5.41, 5.74) is 9.97. The fourth-order valence-corrected chi connectivity index (χ4v) is 9.30. The third-order valence-electron chi connectivity index (χ3n) is 13.0. The summed E-state index contributed by atoms with van der Waals surface area (Å²) in [5.74, 6) is 3.01. The van der Waals surface area contributed by atoms with E-state index in [4.69, 9.17) is 23.7 Å². The van der Waals surface area contributed by atoms with Crippen LogP contribution in [0.3, 0.4) is 0 Å². The van der Waals surface area contributed by atoms with Gasteiger partial charge in [-0.3, -0.25) is 0 Å². The van der Waals surface area contributed by atoms with Gasteiger partial charge in [0.1, 0.15) is 23.0 Å². The molecule has 1 unspecified atom stereocenters. The SMILES string of the molecule is COc1ccc(-c2cc3c4c(c5c(c3cc2OC)OC(c2ccccc2)(c2ccc(N3CCOCC3)cc2)C=C5)C(C)(C)C(C)(C)c2ccccc2-4)c(OC)c1. The zero-order valence-corrected chi connectivity index (χ0v) is 33.4. The molecular formula is C50H49NO5. The molecule has 6 heteroatoms. The van der Waals surface area contributed by atoms with E-state index >= 15 is 0 Å². The maximum absolute atomic E-state index is 7.71. The molecule has 1 atom stereocenters. The van der Waals surface area contributed by atoms with Gasteiger partial charge in [0.25, 0.3) is 0 Å². The van der Waals surface area contributed by atoms with Gasteiger partial charge in [-0.05, 0) is 75.5 Å². The molecule has 1 saturated heterocycles. The van der Waals surface area contributed by atoms with Crippen LogP contribution < -0.4 is 23.8 Å². The number of fused-ring (bicyclic) bond motifs is 8. The third kappa shape index (κ3) is 5.33. The van der Waals surface area contributed by atoms with Crippen LogP contribution in [0, 0.1) is 0 Å². The molecule has 56 heavy (non-hydrogen) atoms. The van der Waals surface area contributed by atoms with Crippen molar-refractivity contribution in [1.82, 2.24) is 0 Å². The summed E-state index contributed by atoms with van der Waals surface area (Å²) in [6.07, 6.45) is 4.61. The largest absolute Gasteiger partial charge is 0.497 e. The fraction of sp³-hybridized carbons (Fsp3) is 0.280.